The second-order valence-corrected chi connectivity index (χ2v) is 3.83. The molecule has 0 fully saturated rings. The highest BCUT2D eigenvalue weighted by Gasteiger charge is 2.12. The lowest BCUT2D eigenvalue weighted by Gasteiger charge is -2.16. The van der Waals surface area contributed by atoms with Crippen LogP contribution in [0.5, 0.6) is 0 Å². The van der Waals surface area contributed by atoms with Crippen molar-refractivity contribution in [3.05, 3.63) is 35.4 Å². The standard InChI is InChI=1S/C13H17NO4/c1-3-18-13(17)14(2)9-8-10-6-4-5-7-11(10)12(15)16/h4-7H,3,8-9H2,1-2H3,(H,15,16). The molecule has 5 heteroatoms. The third-order valence-electron chi connectivity index (χ3n) is 2.54. The first-order valence-corrected chi connectivity index (χ1v) is 5.75. The molecule has 98 valence electrons. The number of carbonyl (C=O) groups excluding carboxylic acids is 1. The van der Waals surface area contributed by atoms with Gasteiger partial charge in [-0.3, -0.25) is 0 Å². The first-order valence-electron chi connectivity index (χ1n) is 5.75. The molecule has 18 heavy (non-hydrogen) atoms. The molecule has 0 aliphatic heterocycles. The van der Waals surface area contributed by atoms with E-state index in [2.05, 4.69) is 0 Å². The van der Waals surface area contributed by atoms with Gasteiger partial charge in [-0.05, 0) is 25.0 Å². The number of carboxylic acid groups (broad SMARTS) is 1. The van der Waals surface area contributed by atoms with Crippen LogP contribution in [0.2, 0.25) is 0 Å². The first kappa shape index (κ1) is 14.0. The molecular formula is C13H17NO4. The maximum absolute atomic E-state index is 11.4. The lowest BCUT2D eigenvalue weighted by atomic mass is 10.0. The summed E-state index contributed by atoms with van der Waals surface area (Å²) in [4.78, 5) is 23.8. The van der Waals surface area contributed by atoms with Crippen molar-refractivity contribution in [2.45, 2.75) is 13.3 Å². The molecule has 1 N–H and O–H groups in total. The summed E-state index contributed by atoms with van der Waals surface area (Å²) in [5.74, 6) is -0.954. The summed E-state index contributed by atoms with van der Waals surface area (Å²) >= 11 is 0. The number of nitrogens with zero attached hydrogens (tertiary/aromatic N) is 1. The number of hydrogen-bond donors (Lipinski definition) is 1. The summed E-state index contributed by atoms with van der Waals surface area (Å²) < 4.78 is 4.84. The van der Waals surface area contributed by atoms with E-state index in [0.29, 0.717) is 25.1 Å². The van der Waals surface area contributed by atoms with Gasteiger partial charge >= 0.3 is 12.1 Å². The van der Waals surface area contributed by atoms with Crippen molar-refractivity contribution in [1.82, 2.24) is 4.90 Å². The van der Waals surface area contributed by atoms with Gasteiger partial charge < -0.3 is 14.7 Å². The minimum Gasteiger partial charge on any atom is -0.478 e. The van der Waals surface area contributed by atoms with E-state index >= 15 is 0 Å². The Kier molecular flexibility index (Phi) is 5.17. The maximum Gasteiger partial charge on any atom is 0.409 e. The summed E-state index contributed by atoms with van der Waals surface area (Å²) in [6.45, 7) is 2.49. The van der Waals surface area contributed by atoms with Crippen LogP contribution in [0.15, 0.2) is 24.3 Å². The molecule has 0 radical (unpaired) electrons. The lowest BCUT2D eigenvalue weighted by molar-refractivity contribution is 0.0695. The second kappa shape index (κ2) is 6.64. The molecule has 0 bridgehead atoms. The van der Waals surface area contributed by atoms with Crippen molar-refractivity contribution < 1.29 is 19.4 Å². The number of likely N-dealkylation sites (N-methyl/N-ethyl adjacent to an activating group) is 1. The molecule has 0 unspecified atom stereocenters. The Labute approximate surface area is 106 Å². The maximum atomic E-state index is 11.4. The molecule has 1 aromatic carbocycles. The summed E-state index contributed by atoms with van der Waals surface area (Å²) in [6, 6.07) is 6.78. The average Bonchev–Trinajstić information content (AvgIpc) is 2.36. The molecule has 0 saturated carbocycles. The van der Waals surface area contributed by atoms with Crippen LogP contribution < -0.4 is 0 Å². The van der Waals surface area contributed by atoms with Crippen LogP contribution in [0, 0.1) is 0 Å². The Morgan fingerprint density at radius 1 is 1.33 bits per heavy atom. The van der Waals surface area contributed by atoms with Gasteiger partial charge in [-0.2, -0.15) is 0 Å². The minimum absolute atomic E-state index is 0.273. The zero-order valence-corrected chi connectivity index (χ0v) is 10.5. The molecular weight excluding hydrogens is 234 g/mol. The molecule has 5 nitrogen and oxygen atoms in total. The summed E-state index contributed by atoms with van der Waals surface area (Å²) in [6.07, 6.45) is 0.0861. The van der Waals surface area contributed by atoms with Crippen molar-refractivity contribution in [3.63, 3.8) is 0 Å². The third kappa shape index (κ3) is 3.76. The van der Waals surface area contributed by atoms with E-state index in [0.717, 1.165) is 0 Å². The molecule has 0 heterocycles. The normalized spacial score (nSPS) is 9.89. The highest BCUT2D eigenvalue weighted by molar-refractivity contribution is 5.89. The van der Waals surface area contributed by atoms with Crippen molar-refractivity contribution in [3.8, 4) is 0 Å². The number of amides is 1. The fourth-order valence-corrected chi connectivity index (χ4v) is 1.56. The van der Waals surface area contributed by atoms with Crippen LogP contribution in [0.4, 0.5) is 4.79 Å². The van der Waals surface area contributed by atoms with E-state index < -0.39 is 12.1 Å². The second-order valence-electron chi connectivity index (χ2n) is 3.83. The molecule has 1 amide bonds. The lowest BCUT2D eigenvalue weighted by Crippen LogP contribution is -2.29. The van der Waals surface area contributed by atoms with E-state index in [1.807, 2.05) is 0 Å². The van der Waals surface area contributed by atoms with Crippen molar-refractivity contribution in [2.24, 2.45) is 0 Å². The van der Waals surface area contributed by atoms with Crippen molar-refractivity contribution in [2.75, 3.05) is 20.2 Å². The predicted octanol–water partition coefficient (Wildman–Crippen LogP) is 2.02. The molecule has 0 saturated heterocycles. The van der Waals surface area contributed by atoms with Gasteiger partial charge in [0.15, 0.2) is 0 Å². The number of hydrogen-bond acceptors (Lipinski definition) is 3. The summed E-state index contributed by atoms with van der Waals surface area (Å²) in [5, 5.41) is 9.02. The number of rotatable bonds is 5. The molecule has 0 aliphatic rings. The topological polar surface area (TPSA) is 66.8 Å². The highest BCUT2D eigenvalue weighted by atomic mass is 16.5. The van der Waals surface area contributed by atoms with Crippen LogP contribution in [0.1, 0.15) is 22.8 Å². The van der Waals surface area contributed by atoms with Crippen LogP contribution >= 0.6 is 0 Å². The van der Waals surface area contributed by atoms with Gasteiger partial charge in [-0.25, -0.2) is 9.59 Å². The van der Waals surface area contributed by atoms with E-state index in [-0.39, 0.29) is 5.56 Å². The average molecular weight is 251 g/mol. The van der Waals surface area contributed by atoms with Gasteiger partial charge in [-0.1, -0.05) is 18.2 Å². The van der Waals surface area contributed by atoms with E-state index in [9.17, 15) is 9.59 Å². The van der Waals surface area contributed by atoms with Gasteiger partial charge in [0.2, 0.25) is 0 Å². The Hall–Kier alpha value is -2.04. The van der Waals surface area contributed by atoms with Crippen molar-refractivity contribution in [1.29, 1.82) is 0 Å². The molecule has 1 rings (SSSR count). The molecule has 0 aromatic heterocycles. The zero-order chi connectivity index (χ0) is 13.5. The minimum atomic E-state index is -0.954. The Morgan fingerprint density at radius 2 is 2.00 bits per heavy atom. The third-order valence-corrected chi connectivity index (χ3v) is 2.54. The monoisotopic (exact) mass is 251 g/mol. The number of carboxylic acids is 1. The zero-order valence-electron chi connectivity index (χ0n) is 10.5. The first-order chi connectivity index (χ1) is 8.56. The largest absolute Gasteiger partial charge is 0.478 e. The van der Waals surface area contributed by atoms with Crippen LogP contribution in [0.25, 0.3) is 0 Å². The smallest absolute Gasteiger partial charge is 0.409 e. The van der Waals surface area contributed by atoms with E-state index in [1.165, 1.54) is 4.90 Å². The Balaban J connectivity index is 2.63. The fraction of sp³-hybridized carbons (Fsp3) is 0.385. The van der Waals surface area contributed by atoms with E-state index in [1.54, 1.807) is 38.2 Å². The van der Waals surface area contributed by atoms with Gasteiger partial charge in [0.05, 0.1) is 12.2 Å². The molecule has 0 atom stereocenters. The molecule has 0 aliphatic carbocycles. The SMILES string of the molecule is CCOC(=O)N(C)CCc1ccccc1C(=O)O. The quantitative estimate of drug-likeness (QED) is 0.869. The number of aromatic carboxylic acids is 1. The number of benzene rings is 1. The summed E-state index contributed by atoms with van der Waals surface area (Å²) in [5.41, 5.74) is 0.982. The Bertz CT molecular complexity index is 431. The number of ether oxygens (including phenoxy) is 1. The van der Waals surface area contributed by atoms with Gasteiger partial charge in [0.25, 0.3) is 0 Å². The van der Waals surface area contributed by atoms with Crippen LogP contribution in [0.3, 0.4) is 0 Å². The molecule has 1 aromatic rings. The van der Waals surface area contributed by atoms with Crippen LogP contribution in [-0.2, 0) is 11.2 Å². The van der Waals surface area contributed by atoms with Gasteiger partial charge in [0.1, 0.15) is 0 Å². The van der Waals surface area contributed by atoms with Gasteiger partial charge in [-0.15, -0.1) is 0 Å². The van der Waals surface area contributed by atoms with Crippen molar-refractivity contribution >= 4 is 12.1 Å². The van der Waals surface area contributed by atoms with E-state index in [4.69, 9.17) is 9.84 Å². The predicted molar refractivity (Wildman–Crippen MR) is 66.8 cm³/mol. The van der Waals surface area contributed by atoms with Crippen LogP contribution in [-0.4, -0.2) is 42.3 Å². The Morgan fingerprint density at radius 3 is 2.61 bits per heavy atom. The summed E-state index contributed by atoms with van der Waals surface area (Å²) in [7, 11) is 1.63. The fourth-order valence-electron chi connectivity index (χ4n) is 1.56. The molecule has 0 spiro atoms. The number of carbonyl (C=O) groups is 2. The highest BCUT2D eigenvalue weighted by Crippen LogP contribution is 2.10. The van der Waals surface area contributed by atoms with Gasteiger partial charge in [0, 0.05) is 13.6 Å².